The van der Waals surface area contributed by atoms with Gasteiger partial charge in [-0.1, -0.05) is 52.7 Å². The maximum absolute atomic E-state index is 12.1. The number of hydrogen-bond acceptors (Lipinski definition) is 1. The van der Waals surface area contributed by atoms with Gasteiger partial charge in [0.15, 0.2) is 0 Å². The Kier molecular flexibility index (Phi) is 4.96. The standard InChI is InChI=1S/C17H18BrNO/c1-3-14-11-15(18)8-9-16(14)19-17(20)10-13-6-4-12(2)5-7-13/h4-9,11H,3,10H2,1-2H3,(H,19,20). The molecule has 0 atom stereocenters. The Bertz CT molecular complexity index is 605. The number of carbonyl (C=O) groups is 1. The van der Waals surface area contributed by atoms with E-state index in [0.717, 1.165) is 27.7 Å². The lowest BCUT2D eigenvalue weighted by atomic mass is 10.1. The lowest BCUT2D eigenvalue weighted by Gasteiger charge is -2.10. The van der Waals surface area contributed by atoms with Gasteiger partial charge >= 0.3 is 0 Å². The monoisotopic (exact) mass is 331 g/mol. The average Bonchev–Trinajstić information content (AvgIpc) is 2.43. The molecule has 0 radical (unpaired) electrons. The first kappa shape index (κ1) is 14.8. The van der Waals surface area contributed by atoms with Crippen molar-refractivity contribution in [2.75, 3.05) is 5.32 Å². The summed E-state index contributed by atoms with van der Waals surface area (Å²) in [4.78, 5) is 12.1. The minimum absolute atomic E-state index is 0.0193. The topological polar surface area (TPSA) is 29.1 Å². The van der Waals surface area contributed by atoms with Gasteiger partial charge in [0.1, 0.15) is 0 Å². The highest BCUT2D eigenvalue weighted by Gasteiger charge is 2.07. The summed E-state index contributed by atoms with van der Waals surface area (Å²) >= 11 is 3.45. The fourth-order valence-corrected chi connectivity index (χ4v) is 2.47. The third-order valence-corrected chi connectivity index (χ3v) is 3.70. The molecule has 2 rings (SSSR count). The van der Waals surface area contributed by atoms with E-state index >= 15 is 0 Å². The Labute approximate surface area is 128 Å². The van der Waals surface area contributed by atoms with Gasteiger partial charge < -0.3 is 5.32 Å². The summed E-state index contributed by atoms with van der Waals surface area (Å²) in [7, 11) is 0. The van der Waals surface area contributed by atoms with Gasteiger partial charge in [0.25, 0.3) is 0 Å². The zero-order chi connectivity index (χ0) is 14.5. The van der Waals surface area contributed by atoms with E-state index in [4.69, 9.17) is 0 Å². The Morgan fingerprint density at radius 2 is 1.85 bits per heavy atom. The minimum atomic E-state index is 0.0193. The van der Waals surface area contributed by atoms with Crippen molar-refractivity contribution >= 4 is 27.5 Å². The van der Waals surface area contributed by atoms with E-state index in [1.807, 2.05) is 49.4 Å². The molecule has 0 aliphatic rings. The second kappa shape index (κ2) is 6.71. The van der Waals surface area contributed by atoms with E-state index in [1.54, 1.807) is 0 Å². The van der Waals surface area contributed by atoms with Crippen LogP contribution in [0.5, 0.6) is 0 Å². The predicted molar refractivity (Wildman–Crippen MR) is 87.0 cm³/mol. The molecule has 0 saturated heterocycles. The van der Waals surface area contributed by atoms with Gasteiger partial charge in [0.2, 0.25) is 5.91 Å². The number of halogens is 1. The fraction of sp³-hybridized carbons (Fsp3) is 0.235. The molecule has 1 N–H and O–H groups in total. The summed E-state index contributed by atoms with van der Waals surface area (Å²) in [5.74, 6) is 0.0193. The molecule has 2 nitrogen and oxygen atoms in total. The van der Waals surface area contributed by atoms with Crippen molar-refractivity contribution in [2.45, 2.75) is 26.7 Å². The van der Waals surface area contributed by atoms with Crippen molar-refractivity contribution in [3.05, 3.63) is 63.6 Å². The molecule has 3 heteroatoms. The van der Waals surface area contributed by atoms with Gasteiger partial charge in [-0.3, -0.25) is 4.79 Å². The van der Waals surface area contributed by atoms with Crippen molar-refractivity contribution in [3.63, 3.8) is 0 Å². The lowest BCUT2D eigenvalue weighted by Crippen LogP contribution is -2.15. The van der Waals surface area contributed by atoms with Crippen LogP contribution in [0.3, 0.4) is 0 Å². The molecule has 1 amide bonds. The van der Waals surface area contributed by atoms with Crippen molar-refractivity contribution in [2.24, 2.45) is 0 Å². The summed E-state index contributed by atoms with van der Waals surface area (Å²) < 4.78 is 1.03. The van der Waals surface area contributed by atoms with E-state index in [1.165, 1.54) is 5.56 Å². The molecule has 0 aliphatic carbocycles. The second-order valence-electron chi connectivity index (χ2n) is 4.87. The first-order chi connectivity index (χ1) is 9.58. The molecule has 0 aliphatic heterocycles. The van der Waals surface area contributed by atoms with Crippen molar-refractivity contribution in [1.29, 1.82) is 0 Å². The number of carbonyl (C=O) groups excluding carboxylic acids is 1. The number of benzene rings is 2. The Balaban J connectivity index is 2.06. The molecule has 20 heavy (non-hydrogen) atoms. The predicted octanol–water partition coefficient (Wildman–Crippen LogP) is 4.50. The average molecular weight is 332 g/mol. The van der Waals surface area contributed by atoms with Gasteiger partial charge in [-0.2, -0.15) is 0 Å². The SMILES string of the molecule is CCc1cc(Br)ccc1NC(=O)Cc1ccc(C)cc1. The van der Waals surface area contributed by atoms with Crippen LogP contribution in [0.2, 0.25) is 0 Å². The number of rotatable bonds is 4. The molecule has 0 aromatic heterocycles. The number of hydrogen-bond donors (Lipinski definition) is 1. The summed E-state index contributed by atoms with van der Waals surface area (Å²) in [5.41, 5.74) is 4.27. The highest BCUT2D eigenvalue weighted by atomic mass is 79.9. The molecule has 2 aromatic carbocycles. The zero-order valence-corrected chi connectivity index (χ0v) is 13.3. The van der Waals surface area contributed by atoms with Crippen LogP contribution in [0.25, 0.3) is 0 Å². The van der Waals surface area contributed by atoms with Gasteiger partial charge in [-0.05, 0) is 42.7 Å². The van der Waals surface area contributed by atoms with Crippen LogP contribution in [0.4, 0.5) is 5.69 Å². The van der Waals surface area contributed by atoms with Crippen LogP contribution < -0.4 is 5.32 Å². The smallest absolute Gasteiger partial charge is 0.228 e. The Hall–Kier alpha value is -1.61. The van der Waals surface area contributed by atoms with Gasteiger partial charge in [-0.15, -0.1) is 0 Å². The van der Waals surface area contributed by atoms with Gasteiger partial charge in [0, 0.05) is 10.2 Å². The Morgan fingerprint density at radius 1 is 1.15 bits per heavy atom. The maximum atomic E-state index is 12.1. The van der Waals surface area contributed by atoms with E-state index < -0.39 is 0 Å². The van der Waals surface area contributed by atoms with E-state index in [9.17, 15) is 4.79 Å². The molecule has 0 saturated carbocycles. The van der Waals surface area contributed by atoms with E-state index in [-0.39, 0.29) is 5.91 Å². The lowest BCUT2D eigenvalue weighted by molar-refractivity contribution is -0.115. The van der Waals surface area contributed by atoms with E-state index in [0.29, 0.717) is 6.42 Å². The second-order valence-corrected chi connectivity index (χ2v) is 5.78. The summed E-state index contributed by atoms with van der Waals surface area (Å²) in [6.45, 7) is 4.12. The van der Waals surface area contributed by atoms with Gasteiger partial charge in [-0.25, -0.2) is 0 Å². The van der Waals surface area contributed by atoms with Crippen LogP contribution in [-0.4, -0.2) is 5.91 Å². The molecule has 0 bridgehead atoms. The third-order valence-electron chi connectivity index (χ3n) is 3.21. The molecule has 0 heterocycles. The number of amides is 1. The maximum Gasteiger partial charge on any atom is 0.228 e. The molecule has 0 unspecified atom stereocenters. The molecule has 104 valence electrons. The minimum Gasteiger partial charge on any atom is -0.326 e. The molecule has 0 spiro atoms. The van der Waals surface area contributed by atoms with Gasteiger partial charge in [0.05, 0.1) is 6.42 Å². The summed E-state index contributed by atoms with van der Waals surface area (Å²) in [6, 6.07) is 14.0. The number of nitrogens with one attached hydrogen (secondary N) is 1. The highest BCUT2D eigenvalue weighted by molar-refractivity contribution is 9.10. The zero-order valence-electron chi connectivity index (χ0n) is 11.7. The quantitative estimate of drug-likeness (QED) is 0.877. The van der Waals surface area contributed by atoms with Crippen LogP contribution >= 0.6 is 15.9 Å². The van der Waals surface area contributed by atoms with Crippen molar-refractivity contribution in [3.8, 4) is 0 Å². The number of anilines is 1. The van der Waals surface area contributed by atoms with Crippen LogP contribution in [0, 0.1) is 6.92 Å². The molecule has 2 aromatic rings. The largest absolute Gasteiger partial charge is 0.326 e. The van der Waals surface area contributed by atoms with Crippen molar-refractivity contribution in [1.82, 2.24) is 0 Å². The molecule has 0 fully saturated rings. The first-order valence-corrected chi connectivity index (χ1v) is 7.51. The summed E-state index contributed by atoms with van der Waals surface area (Å²) in [6.07, 6.45) is 1.29. The molecular weight excluding hydrogens is 314 g/mol. The normalized spacial score (nSPS) is 10.3. The molecular formula is C17H18BrNO. The fourth-order valence-electron chi connectivity index (χ4n) is 2.06. The van der Waals surface area contributed by atoms with Crippen molar-refractivity contribution < 1.29 is 4.79 Å². The number of aryl methyl sites for hydroxylation is 2. The first-order valence-electron chi connectivity index (χ1n) is 6.72. The van der Waals surface area contributed by atoms with Crippen LogP contribution in [0.1, 0.15) is 23.6 Å². The highest BCUT2D eigenvalue weighted by Crippen LogP contribution is 2.21. The van der Waals surface area contributed by atoms with Crippen LogP contribution in [0.15, 0.2) is 46.9 Å². The third kappa shape index (κ3) is 3.94. The summed E-state index contributed by atoms with van der Waals surface area (Å²) in [5, 5.41) is 2.99. The van der Waals surface area contributed by atoms with E-state index in [2.05, 4.69) is 28.2 Å². The van der Waals surface area contributed by atoms with Crippen LogP contribution in [-0.2, 0) is 17.6 Å². The Morgan fingerprint density at radius 3 is 2.50 bits per heavy atom.